The van der Waals surface area contributed by atoms with Crippen LogP contribution in [0, 0.1) is 6.92 Å². The average Bonchev–Trinajstić information content (AvgIpc) is 2.81. The normalized spacial score (nSPS) is 20.1. The van der Waals surface area contributed by atoms with Crippen molar-refractivity contribution in [2.24, 2.45) is 7.05 Å². The smallest absolute Gasteiger partial charge is 0.131 e. The van der Waals surface area contributed by atoms with E-state index in [4.69, 9.17) is 0 Å². The Kier molecular flexibility index (Phi) is 4.33. The van der Waals surface area contributed by atoms with Gasteiger partial charge in [-0.3, -0.25) is 4.68 Å². The highest BCUT2D eigenvalue weighted by Crippen LogP contribution is 2.31. The van der Waals surface area contributed by atoms with Gasteiger partial charge < -0.3 is 9.80 Å². The maximum absolute atomic E-state index is 4.57. The lowest BCUT2D eigenvalue weighted by atomic mass is 10.2. The maximum Gasteiger partial charge on any atom is 0.131 e. The van der Waals surface area contributed by atoms with Crippen molar-refractivity contribution >= 4 is 21.7 Å². The van der Waals surface area contributed by atoms with Gasteiger partial charge in [0.2, 0.25) is 0 Å². The standard InChI is InChI=1S/C13H23BrN4/c1-10-12(8-14)13(17(4)15-10)18-7-5-6-11(18)9-16(2)3/h11H,5-9H2,1-4H3. The van der Waals surface area contributed by atoms with Crippen molar-refractivity contribution in [2.75, 3.05) is 32.1 Å². The van der Waals surface area contributed by atoms with Crippen LogP contribution in [0.5, 0.6) is 0 Å². The van der Waals surface area contributed by atoms with Crippen LogP contribution < -0.4 is 4.90 Å². The van der Waals surface area contributed by atoms with Gasteiger partial charge in [0.05, 0.1) is 5.69 Å². The topological polar surface area (TPSA) is 24.3 Å². The van der Waals surface area contributed by atoms with E-state index in [2.05, 4.69) is 58.9 Å². The summed E-state index contributed by atoms with van der Waals surface area (Å²) in [5.41, 5.74) is 2.48. The van der Waals surface area contributed by atoms with Gasteiger partial charge >= 0.3 is 0 Å². The third-order valence-corrected chi connectivity index (χ3v) is 4.23. The van der Waals surface area contributed by atoms with E-state index in [0.717, 1.165) is 24.1 Å². The summed E-state index contributed by atoms with van der Waals surface area (Å²) < 4.78 is 2.04. The van der Waals surface area contributed by atoms with Gasteiger partial charge in [-0.05, 0) is 33.9 Å². The van der Waals surface area contributed by atoms with E-state index in [-0.39, 0.29) is 0 Å². The highest BCUT2D eigenvalue weighted by atomic mass is 79.9. The summed E-state index contributed by atoms with van der Waals surface area (Å²) in [5, 5.41) is 5.45. The van der Waals surface area contributed by atoms with E-state index in [1.807, 2.05) is 4.68 Å². The molecular formula is C13H23BrN4. The SMILES string of the molecule is Cc1nn(C)c(N2CCCC2CN(C)C)c1CBr. The molecular weight excluding hydrogens is 292 g/mol. The van der Waals surface area contributed by atoms with Gasteiger partial charge in [-0.2, -0.15) is 5.10 Å². The average molecular weight is 315 g/mol. The molecule has 102 valence electrons. The number of halogens is 1. The third kappa shape index (κ3) is 2.57. The van der Waals surface area contributed by atoms with Gasteiger partial charge in [0.25, 0.3) is 0 Å². The number of aromatic nitrogens is 2. The summed E-state index contributed by atoms with van der Waals surface area (Å²) in [6.07, 6.45) is 2.56. The fourth-order valence-corrected chi connectivity index (χ4v) is 3.59. The molecule has 0 N–H and O–H groups in total. The third-order valence-electron chi connectivity index (χ3n) is 3.67. The quantitative estimate of drug-likeness (QED) is 0.796. The van der Waals surface area contributed by atoms with Crippen molar-refractivity contribution in [2.45, 2.75) is 31.1 Å². The van der Waals surface area contributed by atoms with Gasteiger partial charge in [0, 0.05) is 37.1 Å². The number of hydrogen-bond donors (Lipinski definition) is 0. The molecule has 1 aliphatic rings. The number of anilines is 1. The van der Waals surface area contributed by atoms with Gasteiger partial charge in [0.1, 0.15) is 5.82 Å². The van der Waals surface area contributed by atoms with Crippen LogP contribution in [0.4, 0.5) is 5.82 Å². The van der Waals surface area contributed by atoms with Crippen LogP contribution in [0.25, 0.3) is 0 Å². The first kappa shape index (κ1) is 13.9. The van der Waals surface area contributed by atoms with Gasteiger partial charge in [-0.25, -0.2) is 0 Å². The van der Waals surface area contributed by atoms with Crippen LogP contribution in [0.3, 0.4) is 0 Å². The van der Waals surface area contributed by atoms with Gasteiger partial charge in [-0.1, -0.05) is 15.9 Å². The van der Waals surface area contributed by atoms with E-state index in [0.29, 0.717) is 6.04 Å². The molecule has 0 amide bonds. The zero-order valence-electron chi connectivity index (χ0n) is 11.8. The minimum Gasteiger partial charge on any atom is -0.352 e. The highest BCUT2D eigenvalue weighted by molar-refractivity contribution is 9.08. The van der Waals surface area contributed by atoms with E-state index in [9.17, 15) is 0 Å². The van der Waals surface area contributed by atoms with Crippen molar-refractivity contribution in [1.82, 2.24) is 14.7 Å². The number of hydrogen-bond acceptors (Lipinski definition) is 3. The number of alkyl halides is 1. The number of nitrogens with zero attached hydrogens (tertiary/aromatic N) is 4. The summed E-state index contributed by atoms with van der Waals surface area (Å²) in [6, 6.07) is 0.618. The summed E-state index contributed by atoms with van der Waals surface area (Å²) in [4.78, 5) is 4.82. The van der Waals surface area contributed by atoms with Gasteiger partial charge in [-0.15, -0.1) is 0 Å². The van der Waals surface area contributed by atoms with Crippen LogP contribution in [-0.2, 0) is 12.4 Å². The second-order valence-corrected chi connectivity index (χ2v) is 5.96. The Morgan fingerprint density at radius 2 is 2.17 bits per heavy atom. The summed E-state index contributed by atoms with van der Waals surface area (Å²) in [7, 11) is 6.35. The van der Waals surface area contributed by atoms with Crippen LogP contribution >= 0.6 is 15.9 Å². The molecule has 0 aliphatic carbocycles. The van der Waals surface area contributed by atoms with E-state index in [1.54, 1.807) is 0 Å². The fourth-order valence-electron chi connectivity index (χ4n) is 2.93. The molecule has 4 nitrogen and oxygen atoms in total. The molecule has 0 saturated carbocycles. The molecule has 0 aromatic carbocycles. The Labute approximate surface area is 118 Å². The molecule has 1 aromatic heterocycles. The lowest BCUT2D eigenvalue weighted by Crippen LogP contribution is -2.38. The molecule has 1 fully saturated rings. The second kappa shape index (κ2) is 5.61. The highest BCUT2D eigenvalue weighted by Gasteiger charge is 2.29. The molecule has 1 aromatic rings. The number of aryl methyl sites for hydroxylation is 2. The van der Waals surface area contributed by atoms with Crippen molar-refractivity contribution in [3.8, 4) is 0 Å². The fraction of sp³-hybridized carbons (Fsp3) is 0.769. The summed E-state index contributed by atoms with van der Waals surface area (Å²) in [6.45, 7) is 4.36. The largest absolute Gasteiger partial charge is 0.352 e. The first-order valence-corrected chi connectivity index (χ1v) is 7.66. The number of likely N-dealkylation sites (N-methyl/N-ethyl adjacent to an activating group) is 1. The van der Waals surface area contributed by atoms with Crippen molar-refractivity contribution in [3.63, 3.8) is 0 Å². The minimum absolute atomic E-state index is 0.618. The predicted molar refractivity (Wildman–Crippen MR) is 79.5 cm³/mol. The van der Waals surface area contributed by atoms with Crippen LogP contribution in [0.15, 0.2) is 0 Å². The van der Waals surface area contributed by atoms with Crippen LogP contribution in [0.1, 0.15) is 24.1 Å². The summed E-state index contributed by atoms with van der Waals surface area (Å²) in [5.74, 6) is 1.30. The Balaban J connectivity index is 2.29. The Morgan fingerprint density at radius 3 is 2.78 bits per heavy atom. The molecule has 5 heteroatoms. The maximum atomic E-state index is 4.57. The summed E-state index contributed by atoms with van der Waals surface area (Å²) >= 11 is 3.60. The molecule has 1 atom stereocenters. The first-order valence-electron chi connectivity index (χ1n) is 6.54. The van der Waals surface area contributed by atoms with Gasteiger partial charge in [0.15, 0.2) is 0 Å². The molecule has 18 heavy (non-hydrogen) atoms. The van der Waals surface area contributed by atoms with Crippen LogP contribution in [0.2, 0.25) is 0 Å². The molecule has 0 spiro atoms. The predicted octanol–water partition coefficient (Wildman–Crippen LogP) is 2.15. The van der Waals surface area contributed by atoms with E-state index >= 15 is 0 Å². The lowest BCUT2D eigenvalue weighted by molar-refractivity contribution is 0.370. The van der Waals surface area contributed by atoms with Crippen LogP contribution in [-0.4, -0.2) is 47.9 Å². The van der Waals surface area contributed by atoms with Crippen molar-refractivity contribution in [1.29, 1.82) is 0 Å². The molecule has 1 unspecified atom stereocenters. The molecule has 1 saturated heterocycles. The molecule has 1 aliphatic heterocycles. The molecule has 2 rings (SSSR count). The minimum atomic E-state index is 0.618. The Bertz CT molecular complexity index is 413. The lowest BCUT2D eigenvalue weighted by Gasteiger charge is -2.29. The first-order chi connectivity index (χ1) is 8.54. The zero-order chi connectivity index (χ0) is 13.3. The molecule has 2 heterocycles. The Morgan fingerprint density at radius 1 is 1.44 bits per heavy atom. The van der Waals surface area contributed by atoms with E-state index in [1.165, 1.54) is 24.2 Å². The zero-order valence-corrected chi connectivity index (χ0v) is 13.4. The second-order valence-electron chi connectivity index (χ2n) is 5.40. The molecule has 0 radical (unpaired) electrons. The monoisotopic (exact) mass is 314 g/mol. The van der Waals surface area contributed by atoms with Crippen molar-refractivity contribution < 1.29 is 0 Å². The Hall–Kier alpha value is -0.550. The number of rotatable bonds is 4. The van der Waals surface area contributed by atoms with Crippen molar-refractivity contribution in [3.05, 3.63) is 11.3 Å². The molecule has 0 bridgehead atoms. The van der Waals surface area contributed by atoms with E-state index < -0.39 is 0 Å².